The molecule has 0 spiro atoms. The largest absolute Gasteiger partial charge is 0.640 e. The fourth-order valence-corrected chi connectivity index (χ4v) is 12.0. The highest BCUT2D eigenvalue weighted by atomic mass is 79.9. The van der Waals surface area contributed by atoms with Gasteiger partial charge >= 0.3 is 50.6 Å². The predicted molar refractivity (Wildman–Crippen MR) is 451 cm³/mol. The summed E-state index contributed by atoms with van der Waals surface area (Å²) in [4.78, 5) is 0. The van der Waals surface area contributed by atoms with Gasteiger partial charge in [0, 0.05) is 57.7 Å². The molecule has 4 aliphatic heterocycles. The van der Waals surface area contributed by atoms with Crippen LogP contribution in [0.1, 0.15) is 98.6 Å². The van der Waals surface area contributed by atoms with Crippen LogP contribution < -0.4 is 0 Å². The second-order valence-corrected chi connectivity index (χ2v) is 32.1. The molecule has 8 aromatic rings. The summed E-state index contributed by atoms with van der Waals surface area (Å²) >= 11 is 23.3. The van der Waals surface area contributed by atoms with Crippen LogP contribution in [0.5, 0.6) is 0 Å². The lowest BCUT2D eigenvalue weighted by atomic mass is 9.90. The topological polar surface area (TPSA) is 177 Å². The molecule has 4 heterocycles. The first-order chi connectivity index (χ1) is 54.1. The van der Waals surface area contributed by atoms with Gasteiger partial charge in [0.25, 0.3) is 0 Å². The third-order valence-electron chi connectivity index (χ3n) is 16.2. The molecule has 1 unspecified atom stereocenters. The average Bonchev–Trinajstić information content (AvgIpc) is 1.64. The van der Waals surface area contributed by atoms with E-state index in [-0.39, 0.29) is 100 Å². The Balaban J connectivity index is 0.000000208. The van der Waals surface area contributed by atoms with Gasteiger partial charge in [0.15, 0.2) is 0 Å². The third-order valence-corrected chi connectivity index (χ3v) is 21.6. The van der Waals surface area contributed by atoms with Gasteiger partial charge in [-0.3, -0.25) is 0 Å². The van der Waals surface area contributed by atoms with E-state index in [0.717, 1.165) is 71.1 Å². The van der Waals surface area contributed by atoms with E-state index >= 15 is 0 Å². The van der Waals surface area contributed by atoms with Crippen molar-refractivity contribution in [2.45, 2.75) is 138 Å². The van der Waals surface area contributed by atoms with Crippen LogP contribution in [0.4, 0.5) is 30.7 Å². The maximum absolute atomic E-state index is 13.2. The van der Waals surface area contributed by atoms with Gasteiger partial charge < -0.3 is 84.1 Å². The van der Waals surface area contributed by atoms with Crippen LogP contribution in [0, 0.1) is 40.7 Å². The molecule has 114 heavy (non-hydrogen) atoms. The SMILES string of the molecule is CB(O)OCc1cc(F)ccc1Br.CB(OCc1cc(F)ccc1Br)OC(C)C.CC1(C)OB(OCc2cc(F)ccc2Br)OC1(C)C.COB(C)OCc1cc(F)ccc1Br.Fc1ccc(Br)c(COB2OCC(c3ccccc3)O2)c1.Fc1ccc(Br)c(COB2OCCCO2)c1.Fc1ccc(Br)c(COB2OCCO2)c1. The molecule has 0 aliphatic carbocycles. The number of rotatable bonds is 25. The van der Waals surface area contributed by atoms with Crippen molar-refractivity contribution in [1.29, 1.82) is 0 Å². The predicted octanol–water partition coefficient (Wildman–Crippen LogP) is 21.0. The van der Waals surface area contributed by atoms with Crippen molar-refractivity contribution in [3.05, 3.63) is 274 Å². The monoisotopic (exact) mass is 2040 g/mol. The molecular weight excluding hydrogens is 1960 g/mol. The summed E-state index contributed by atoms with van der Waals surface area (Å²) in [6.07, 6.45) is 0.863. The molecule has 0 amide bonds. The molecule has 12 rings (SSSR count). The van der Waals surface area contributed by atoms with E-state index in [9.17, 15) is 30.7 Å². The van der Waals surface area contributed by atoms with E-state index in [1.54, 1.807) is 56.4 Å². The second kappa shape index (κ2) is 51.9. The van der Waals surface area contributed by atoms with Gasteiger partial charge in [-0.2, -0.15) is 0 Å². The van der Waals surface area contributed by atoms with Crippen molar-refractivity contribution in [3.8, 4) is 0 Å². The van der Waals surface area contributed by atoms with Gasteiger partial charge in [-0.1, -0.05) is 142 Å². The Hall–Kier alpha value is -3.64. The Labute approximate surface area is 723 Å². The summed E-state index contributed by atoms with van der Waals surface area (Å²) in [7, 11) is -2.59. The Bertz CT molecular complexity index is 4170. The fourth-order valence-electron chi connectivity index (χ4n) is 9.48. The minimum atomic E-state index is -0.838. The van der Waals surface area contributed by atoms with Crippen LogP contribution in [0.15, 0.2) is 189 Å². The maximum Gasteiger partial charge on any atom is 0.640 e. The standard InChI is InChI=1S/C15H13BBrFO3.C13H17BBrFO3.C11H15BBrFO2.C10H11BBrFO3.C9H9BBrFO3.C9H11BBrFO2.C8H9BBrFO2/c17-14-7-6-13(18)8-12(14)9-19-16-20-10-15(21-16)11-4-2-1-3-5-11;1-12(2)13(3,4)19-14(18-12)17-8-9-7-10(16)5-6-11(9)15;1-8(2)16-12(3)15-7-9-6-10(14)4-5-11(9)13;12-10-3-2-9(13)6-8(10)7-16-11-14-4-1-5-15-11;11-9-2-1-8(12)5-7(9)6-15-10-13-3-4-14-10;1-10(13-2)14-6-7-5-8(12)3-4-9(7)11;1-9(12)13-5-6-4-7(11)2-3-8(6)10/h1-8,15H,9-10H2;5-7H,8H2,1-4H3;4-6,8H,7H2,1-3H3;2-3,6H,1,4-5,7H2;1-2,5H,3-4,6H2;3-5H,6H2,1-2H3;2-4,12H,5H2,1H3. The number of hydrogen-bond acceptors (Lipinski definition) is 18. The van der Waals surface area contributed by atoms with Gasteiger partial charge in [-0.15, -0.1) is 0 Å². The van der Waals surface area contributed by atoms with Crippen LogP contribution in [0.2, 0.25) is 20.5 Å². The quantitative estimate of drug-likeness (QED) is 0.0422. The summed E-state index contributed by atoms with van der Waals surface area (Å²) in [5.41, 5.74) is 5.31. The van der Waals surface area contributed by atoms with Crippen molar-refractivity contribution >= 4 is 162 Å². The maximum atomic E-state index is 13.2. The number of halogens is 14. The minimum Gasteiger partial charge on any atom is -0.427 e. The first-order valence-electron chi connectivity index (χ1n) is 35.5. The molecule has 4 fully saturated rings. The van der Waals surface area contributed by atoms with E-state index in [1.165, 1.54) is 91.8 Å². The molecule has 8 aromatic carbocycles. The van der Waals surface area contributed by atoms with Gasteiger partial charge in [0.05, 0.1) is 83.4 Å². The zero-order chi connectivity index (χ0) is 83.5. The molecule has 39 heteroatoms. The van der Waals surface area contributed by atoms with Crippen molar-refractivity contribution in [2.24, 2.45) is 0 Å². The highest BCUT2D eigenvalue weighted by molar-refractivity contribution is 9.11. The Kier molecular flexibility index (Phi) is 45.1. The summed E-state index contributed by atoms with van der Waals surface area (Å²) in [6.45, 7) is 21.4. The van der Waals surface area contributed by atoms with E-state index < -0.39 is 47.6 Å². The van der Waals surface area contributed by atoms with Crippen LogP contribution in [-0.2, 0) is 125 Å². The summed E-state index contributed by atoms with van der Waals surface area (Å²) in [6, 6.07) is 41.0. The van der Waals surface area contributed by atoms with Gasteiger partial charge in [-0.25, -0.2) is 30.7 Å². The fraction of sp³-hybridized carbons (Fsp3) is 0.360. The van der Waals surface area contributed by atoms with Crippen molar-refractivity contribution in [2.75, 3.05) is 40.1 Å². The van der Waals surface area contributed by atoms with Crippen LogP contribution in [0.25, 0.3) is 0 Å². The molecule has 18 nitrogen and oxygen atoms in total. The summed E-state index contributed by atoms with van der Waals surface area (Å²) < 4.78 is 187. The van der Waals surface area contributed by atoms with Gasteiger partial charge in [0.2, 0.25) is 0 Å². The molecule has 0 saturated carbocycles. The van der Waals surface area contributed by atoms with Crippen LogP contribution in [0.3, 0.4) is 0 Å². The summed E-state index contributed by atoms with van der Waals surface area (Å²) in [5.74, 6) is -2.01. The number of hydrogen-bond donors (Lipinski definition) is 1. The lowest BCUT2D eigenvalue weighted by Crippen LogP contribution is -2.41. The van der Waals surface area contributed by atoms with E-state index in [1.807, 2.05) is 78.7 Å². The normalized spacial score (nSPS) is 15.2. The summed E-state index contributed by atoms with van der Waals surface area (Å²) in [5, 5.41) is 8.84. The zero-order valence-electron chi connectivity index (χ0n) is 64.1. The molecule has 4 aliphatic rings. The van der Waals surface area contributed by atoms with Crippen molar-refractivity contribution in [3.63, 3.8) is 0 Å². The molecule has 0 bridgehead atoms. The lowest BCUT2D eigenvalue weighted by molar-refractivity contribution is 0.00578. The molecule has 0 aromatic heterocycles. The minimum absolute atomic E-state index is 0.117. The second-order valence-electron chi connectivity index (χ2n) is 26.1. The molecule has 1 atom stereocenters. The van der Waals surface area contributed by atoms with Gasteiger partial charge in [0.1, 0.15) is 40.7 Å². The Morgan fingerprint density at radius 3 is 1.03 bits per heavy atom. The Morgan fingerprint density at radius 2 is 0.702 bits per heavy atom. The highest BCUT2D eigenvalue weighted by Crippen LogP contribution is 2.38. The van der Waals surface area contributed by atoms with E-state index in [2.05, 4.69) is 112 Å². The molecule has 0 radical (unpaired) electrons. The first-order valence-corrected chi connectivity index (χ1v) is 41.1. The molecule has 4 saturated heterocycles. The van der Waals surface area contributed by atoms with Crippen LogP contribution in [-0.4, -0.2) is 113 Å². The van der Waals surface area contributed by atoms with Gasteiger partial charge in [-0.05, 0) is 240 Å². The Morgan fingerprint density at radius 1 is 0.404 bits per heavy atom. The highest BCUT2D eigenvalue weighted by Gasteiger charge is 2.53. The van der Waals surface area contributed by atoms with Crippen LogP contribution >= 0.6 is 112 Å². The van der Waals surface area contributed by atoms with E-state index in [4.69, 9.17) is 84.1 Å². The van der Waals surface area contributed by atoms with E-state index in [0.29, 0.717) is 57.4 Å². The molecule has 1 N–H and O–H groups in total. The lowest BCUT2D eigenvalue weighted by Gasteiger charge is -2.31. The third kappa shape index (κ3) is 37.2. The molecule has 612 valence electrons. The first kappa shape index (κ1) is 99.2. The zero-order valence-corrected chi connectivity index (χ0v) is 75.2. The smallest absolute Gasteiger partial charge is 0.427 e. The number of benzene rings is 8. The van der Waals surface area contributed by atoms with Crippen molar-refractivity contribution < 1.29 is 115 Å². The van der Waals surface area contributed by atoms with Crippen molar-refractivity contribution in [1.82, 2.24) is 0 Å². The average molecular weight is 2040 g/mol. The molecular formula is C75H85B7Br7F7O18.